The summed E-state index contributed by atoms with van der Waals surface area (Å²) in [5.41, 5.74) is 0.402. The fourth-order valence-corrected chi connectivity index (χ4v) is 5.58. The van der Waals surface area contributed by atoms with Crippen LogP contribution in [0.4, 0.5) is 0 Å². The van der Waals surface area contributed by atoms with E-state index in [0.29, 0.717) is 31.7 Å². The average molecular weight is 410 g/mol. The van der Waals surface area contributed by atoms with Crippen LogP contribution in [0.3, 0.4) is 0 Å². The smallest absolute Gasteiger partial charge is 0.253 e. The van der Waals surface area contributed by atoms with Crippen molar-refractivity contribution >= 4 is 15.9 Å². The summed E-state index contributed by atoms with van der Waals surface area (Å²) < 4.78 is 33.4. The Morgan fingerprint density at radius 2 is 1.64 bits per heavy atom. The minimum Gasteiger partial charge on any atom is -0.495 e. The van der Waals surface area contributed by atoms with Crippen molar-refractivity contribution in [3.05, 3.63) is 23.8 Å². The number of piperazine rings is 1. The first-order valence-electron chi connectivity index (χ1n) is 10.2. The van der Waals surface area contributed by atoms with Gasteiger partial charge in [0.05, 0.1) is 7.11 Å². The molecule has 0 N–H and O–H groups in total. The van der Waals surface area contributed by atoms with Gasteiger partial charge in [0.2, 0.25) is 10.0 Å². The van der Waals surface area contributed by atoms with Crippen LogP contribution in [-0.4, -0.2) is 81.4 Å². The minimum absolute atomic E-state index is 0.0925. The van der Waals surface area contributed by atoms with Gasteiger partial charge in [-0.05, 0) is 37.6 Å². The number of nitrogens with zero attached hydrogens (tertiary/aromatic N) is 3. The molecule has 1 amide bonds. The highest BCUT2D eigenvalue weighted by molar-refractivity contribution is 7.89. The molecule has 2 aliphatic heterocycles. The molecule has 0 aromatic heterocycles. The van der Waals surface area contributed by atoms with Crippen LogP contribution in [0.2, 0.25) is 0 Å². The molecule has 2 fully saturated rings. The zero-order chi connectivity index (χ0) is 20.1. The van der Waals surface area contributed by atoms with Crippen LogP contribution in [0, 0.1) is 0 Å². The summed E-state index contributed by atoms with van der Waals surface area (Å²) in [6, 6.07) is 4.75. The molecule has 2 heterocycles. The van der Waals surface area contributed by atoms with Crippen LogP contribution in [0.5, 0.6) is 5.75 Å². The Kier molecular flexibility index (Phi) is 6.95. The van der Waals surface area contributed by atoms with Gasteiger partial charge in [-0.2, -0.15) is 4.31 Å². The lowest BCUT2D eigenvalue weighted by Gasteiger charge is -2.34. The van der Waals surface area contributed by atoms with Crippen LogP contribution < -0.4 is 4.74 Å². The summed E-state index contributed by atoms with van der Waals surface area (Å²) >= 11 is 0. The topological polar surface area (TPSA) is 70.2 Å². The van der Waals surface area contributed by atoms with Crippen molar-refractivity contribution in [3.8, 4) is 5.75 Å². The third-order valence-electron chi connectivity index (χ3n) is 5.70. The maximum Gasteiger partial charge on any atom is 0.253 e. The number of methoxy groups -OCH3 is 1. The molecule has 1 aromatic carbocycles. The Morgan fingerprint density at radius 3 is 2.21 bits per heavy atom. The van der Waals surface area contributed by atoms with Crippen LogP contribution in [0.1, 0.15) is 43.0 Å². The standard InChI is InChI=1S/C20H31N3O4S/c1-3-21-12-14-22(15-13-21)20(24)17-8-9-18(27-2)19(16-17)28(25,26)23-10-6-4-5-7-11-23/h8-9,16H,3-7,10-15H2,1-2H3. The zero-order valence-electron chi connectivity index (χ0n) is 16.9. The van der Waals surface area contributed by atoms with E-state index in [1.54, 1.807) is 17.0 Å². The monoisotopic (exact) mass is 409 g/mol. The van der Waals surface area contributed by atoms with Crippen molar-refractivity contribution in [2.45, 2.75) is 37.5 Å². The molecule has 0 bridgehead atoms. The van der Waals surface area contributed by atoms with Crippen molar-refractivity contribution in [2.24, 2.45) is 0 Å². The molecule has 0 radical (unpaired) electrons. The second-order valence-electron chi connectivity index (χ2n) is 7.41. The number of hydrogen-bond acceptors (Lipinski definition) is 5. The van der Waals surface area contributed by atoms with E-state index in [1.807, 2.05) is 0 Å². The van der Waals surface area contributed by atoms with E-state index in [1.165, 1.54) is 17.5 Å². The van der Waals surface area contributed by atoms with Crippen molar-refractivity contribution < 1.29 is 17.9 Å². The van der Waals surface area contributed by atoms with Crippen LogP contribution >= 0.6 is 0 Å². The van der Waals surface area contributed by atoms with Gasteiger partial charge in [0.1, 0.15) is 10.6 Å². The average Bonchev–Trinajstić information content (AvgIpc) is 3.03. The predicted octanol–water partition coefficient (Wildman–Crippen LogP) is 2.04. The minimum atomic E-state index is -3.70. The summed E-state index contributed by atoms with van der Waals surface area (Å²) in [6.45, 7) is 7.13. The molecule has 0 aliphatic carbocycles. The Morgan fingerprint density at radius 1 is 1.00 bits per heavy atom. The maximum atomic E-state index is 13.3. The van der Waals surface area contributed by atoms with Gasteiger partial charge in [0.25, 0.3) is 5.91 Å². The molecule has 2 aliphatic rings. The second kappa shape index (κ2) is 9.24. The fraction of sp³-hybridized carbons (Fsp3) is 0.650. The van der Waals surface area contributed by atoms with E-state index in [-0.39, 0.29) is 16.6 Å². The fourth-order valence-electron chi connectivity index (χ4n) is 3.88. The first kappa shape index (κ1) is 21.1. The van der Waals surface area contributed by atoms with Gasteiger partial charge < -0.3 is 14.5 Å². The number of carbonyl (C=O) groups is 1. The van der Waals surface area contributed by atoms with Gasteiger partial charge in [-0.1, -0.05) is 19.8 Å². The Labute approximate surface area is 168 Å². The first-order valence-corrected chi connectivity index (χ1v) is 11.6. The van der Waals surface area contributed by atoms with Crippen LogP contribution in [0.15, 0.2) is 23.1 Å². The molecule has 0 saturated carbocycles. The normalized spacial score (nSPS) is 20.0. The molecule has 8 heteroatoms. The number of benzene rings is 1. The van der Waals surface area contributed by atoms with E-state index in [2.05, 4.69) is 11.8 Å². The summed E-state index contributed by atoms with van der Waals surface area (Å²) in [7, 11) is -2.24. The number of likely N-dealkylation sites (N-methyl/N-ethyl adjacent to an activating group) is 1. The molecule has 28 heavy (non-hydrogen) atoms. The molecular weight excluding hydrogens is 378 g/mol. The Balaban J connectivity index is 1.86. The summed E-state index contributed by atoms with van der Waals surface area (Å²) in [6.07, 6.45) is 3.82. The molecule has 0 spiro atoms. The van der Waals surface area contributed by atoms with E-state index in [9.17, 15) is 13.2 Å². The van der Waals surface area contributed by atoms with E-state index >= 15 is 0 Å². The molecule has 0 unspecified atom stereocenters. The largest absolute Gasteiger partial charge is 0.495 e. The van der Waals surface area contributed by atoms with Gasteiger partial charge in [-0.3, -0.25) is 4.79 Å². The van der Waals surface area contributed by atoms with E-state index in [0.717, 1.165) is 45.3 Å². The van der Waals surface area contributed by atoms with Gasteiger partial charge in [0.15, 0.2) is 0 Å². The van der Waals surface area contributed by atoms with Crippen molar-refractivity contribution in [1.82, 2.24) is 14.1 Å². The highest BCUT2D eigenvalue weighted by Crippen LogP contribution is 2.30. The molecule has 0 atom stereocenters. The third-order valence-corrected chi connectivity index (χ3v) is 7.62. The predicted molar refractivity (Wildman–Crippen MR) is 108 cm³/mol. The summed E-state index contributed by atoms with van der Waals surface area (Å²) in [5, 5.41) is 0. The van der Waals surface area contributed by atoms with Gasteiger partial charge >= 0.3 is 0 Å². The number of rotatable bonds is 5. The van der Waals surface area contributed by atoms with Crippen molar-refractivity contribution in [1.29, 1.82) is 0 Å². The summed E-state index contributed by atoms with van der Waals surface area (Å²) in [4.78, 5) is 17.2. The highest BCUT2D eigenvalue weighted by Gasteiger charge is 2.30. The number of hydrogen-bond donors (Lipinski definition) is 0. The second-order valence-corrected chi connectivity index (χ2v) is 9.32. The number of ether oxygens (including phenoxy) is 1. The highest BCUT2D eigenvalue weighted by atomic mass is 32.2. The molecule has 7 nitrogen and oxygen atoms in total. The van der Waals surface area contributed by atoms with Gasteiger partial charge in [-0.25, -0.2) is 8.42 Å². The number of amides is 1. The Bertz CT molecular complexity index is 781. The van der Waals surface area contributed by atoms with Crippen molar-refractivity contribution in [3.63, 3.8) is 0 Å². The van der Waals surface area contributed by atoms with Gasteiger partial charge in [0, 0.05) is 44.8 Å². The number of sulfonamides is 1. The number of carbonyl (C=O) groups excluding carboxylic acids is 1. The van der Waals surface area contributed by atoms with Crippen LogP contribution in [-0.2, 0) is 10.0 Å². The lowest BCUT2D eigenvalue weighted by atomic mass is 10.1. The first-order chi connectivity index (χ1) is 13.5. The zero-order valence-corrected chi connectivity index (χ0v) is 17.7. The molecular formula is C20H31N3O4S. The van der Waals surface area contributed by atoms with Crippen molar-refractivity contribution in [2.75, 3.05) is 52.9 Å². The van der Waals surface area contributed by atoms with E-state index in [4.69, 9.17) is 4.74 Å². The quantitative estimate of drug-likeness (QED) is 0.744. The molecule has 2 saturated heterocycles. The van der Waals surface area contributed by atoms with Gasteiger partial charge in [-0.15, -0.1) is 0 Å². The van der Waals surface area contributed by atoms with Crippen LogP contribution in [0.25, 0.3) is 0 Å². The Hall–Kier alpha value is -1.64. The maximum absolute atomic E-state index is 13.3. The third kappa shape index (κ3) is 4.50. The molecule has 1 aromatic rings. The molecule has 156 valence electrons. The van der Waals surface area contributed by atoms with E-state index < -0.39 is 10.0 Å². The SMILES string of the molecule is CCN1CCN(C(=O)c2ccc(OC)c(S(=O)(=O)N3CCCCCC3)c2)CC1. The summed E-state index contributed by atoms with van der Waals surface area (Å²) in [5.74, 6) is 0.169. The lowest BCUT2D eigenvalue weighted by Crippen LogP contribution is -2.48. The molecule has 3 rings (SSSR count). The lowest BCUT2D eigenvalue weighted by molar-refractivity contribution is 0.0643.